The van der Waals surface area contributed by atoms with E-state index in [2.05, 4.69) is 20.3 Å². The molecule has 0 bridgehead atoms. The van der Waals surface area contributed by atoms with Crippen LogP contribution in [0, 0.1) is 0 Å². The summed E-state index contributed by atoms with van der Waals surface area (Å²) in [5.74, 6) is 0.430. The first-order valence-electron chi connectivity index (χ1n) is 8.71. The van der Waals surface area contributed by atoms with Gasteiger partial charge in [0.25, 0.3) is 0 Å². The van der Waals surface area contributed by atoms with Crippen LogP contribution in [0.25, 0.3) is 11.2 Å². The Bertz CT molecular complexity index is 777. The van der Waals surface area contributed by atoms with E-state index >= 15 is 0 Å². The molecule has 10 nitrogen and oxygen atoms in total. The standard InChI is InChI=1S/C16H23N5O5/c1-25-6-9-11(22)12(23)15(26-9)21-8-19-10-13(17-7-18-14(10)21)20-16(24)4-2-3-5-16/h7-9,11-12,15,22-24H,2-6H2,1H3,(H,17,18,20)/t9-,11?,12?,15-/m1/s1. The molecule has 0 spiro atoms. The molecule has 0 amide bonds. The highest BCUT2D eigenvalue weighted by molar-refractivity contribution is 5.83. The maximum atomic E-state index is 10.6. The molecule has 0 radical (unpaired) electrons. The van der Waals surface area contributed by atoms with Crippen molar-refractivity contribution < 1.29 is 24.8 Å². The maximum absolute atomic E-state index is 10.6. The van der Waals surface area contributed by atoms with E-state index < -0.39 is 30.3 Å². The first-order valence-corrected chi connectivity index (χ1v) is 8.71. The highest BCUT2D eigenvalue weighted by Crippen LogP contribution is 2.34. The minimum absolute atomic E-state index is 0.163. The number of ether oxygens (including phenoxy) is 2. The van der Waals surface area contributed by atoms with Gasteiger partial charge < -0.3 is 30.1 Å². The molecule has 1 saturated carbocycles. The van der Waals surface area contributed by atoms with Crippen LogP contribution in [-0.4, -0.2) is 72.6 Å². The number of nitrogens with one attached hydrogen (secondary N) is 1. The molecule has 26 heavy (non-hydrogen) atoms. The summed E-state index contributed by atoms with van der Waals surface area (Å²) < 4.78 is 12.3. The number of methoxy groups -OCH3 is 1. The van der Waals surface area contributed by atoms with E-state index in [-0.39, 0.29) is 6.61 Å². The Morgan fingerprint density at radius 3 is 2.77 bits per heavy atom. The fraction of sp³-hybridized carbons (Fsp3) is 0.688. The molecule has 0 aromatic carbocycles. The van der Waals surface area contributed by atoms with Crippen molar-refractivity contribution >= 4 is 17.0 Å². The summed E-state index contributed by atoms with van der Waals surface area (Å²) in [5.41, 5.74) is -0.0829. The van der Waals surface area contributed by atoms with Crippen LogP contribution in [0.2, 0.25) is 0 Å². The van der Waals surface area contributed by atoms with Crippen LogP contribution in [0.1, 0.15) is 31.9 Å². The van der Waals surface area contributed by atoms with Crippen molar-refractivity contribution in [3.63, 3.8) is 0 Å². The topological polar surface area (TPSA) is 135 Å². The normalized spacial score (nSPS) is 30.9. The first kappa shape index (κ1) is 17.6. The van der Waals surface area contributed by atoms with Crippen LogP contribution in [0.5, 0.6) is 0 Å². The van der Waals surface area contributed by atoms with E-state index in [9.17, 15) is 15.3 Å². The van der Waals surface area contributed by atoms with Gasteiger partial charge in [-0.3, -0.25) is 4.57 Å². The van der Waals surface area contributed by atoms with Gasteiger partial charge in [-0.05, 0) is 25.7 Å². The first-order chi connectivity index (χ1) is 12.5. The van der Waals surface area contributed by atoms with E-state index in [1.165, 1.54) is 19.8 Å². The lowest BCUT2D eigenvalue weighted by molar-refractivity contribution is -0.0580. The molecule has 3 heterocycles. The van der Waals surface area contributed by atoms with Gasteiger partial charge >= 0.3 is 0 Å². The molecular formula is C16H23N5O5. The Hall–Kier alpha value is -1.85. The number of aliphatic hydroxyl groups excluding tert-OH is 2. The second kappa shape index (κ2) is 6.71. The maximum Gasteiger partial charge on any atom is 0.167 e. The molecule has 1 aliphatic carbocycles. The second-order valence-corrected chi connectivity index (χ2v) is 6.91. The summed E-state index contributed by atoms with van der Waals surface area (Å²) in [6, 6.07) is 0. The number of nitrogens with zero attached hydrogens (tertiary/aromatic N) is 4. The molecule has 1 aliphatic heterocycles. The molecule has 4 N–H and O–H groups in total. The molecule has 2 unspecified atom stereocenters. The Morgan fingerprint density at radius 1 is 1.27 bits per heavy atom. The molecule has 142 valence electrons. The van der Waals surface area contributed by atoms with E-state index in [0.29, 0.717) is 29.8 Å². The third-order valence-corrected chi connectivity index (χ3v) is 5.08. The molecular weight excluding hydrogens is 342 g/mol. The number of fused-ring (bicyclic) bond motifs is 1. The van der Waals surface area contributed by atoms with Crippen LogP contribution in [0.4, 0.5) is 5.82 Å². The second-order valence-electron chi connectivity index (χ2n) is 6.91. The number of hydrogen-bond donors (Lipinski definition) is 4. The molecule has 1 saturated heterocycles. The van der Waals surface area contributed by atoms with Crippen molar-refractivity contribution in [3.8, 4) is 0 Å². The molecule has 4 atom stereocenters. The van der Waals surface area contributed by atoms with Crippen LogP contribution < -0.4 is 5.32 Å². The average Bonchev–Trinajstić information content (AvgIpc) is 3.30. The fourth-order valence-electron chi connectivity index (χ4n) is 3.70. The monoisotopic (exact) mass is 365 g/mol. The third kappa shape index (κ3) is 2.93. The van der Waals surface area contributed by atoms with Gasteiger partial charge in [0.1, 0.15) is 30.4 Å². The van der Waals surface area contributed by atoms with Gasteiger partial charge in [0.2, 0.25) is 0 Å². The Labute approximate surface area is 149 Å². The molecule has 4 rings (SSSR count). The van der Waals surface area contributed by atoms with Gasteiger partial charge in [0, 0.05) is 7.11 Å². The van der Waals surface area contributed by atoms with E-state index in [1.807, 2.05) is 0 Å². The van der Waals surface area contributed by atoms with E-state index in [0.717, 1.165) is 12.8 Å². The Kier molecular flexibility index (Phi) is 4.53. The minimum Gasteiger partial charge on any atom is -0.387 e. The molecule has 2 aromatic rings. The van der Waals surface area contributed by atoms with Gasteiger partial charge in [-0.25, -0.2) is 15.0 Å². The summed E-state index contributed by atoms with van der Waals surface area (Å²) in [5, 5.41) is 34.1. The van der Waals surface area contributed by atoms with Crippen LogP contribution in [0.15, 0.2) is 12.7 Å². The number of hydrogen-bond acceptors (Lipinski definition) is 9. The molecule has 2 aromatic heterocycles. The van der Waals surface area contributed by atoms with Gasteiger partial charge in [-0.1, -0.05) is 0 Å². The molecule has 2 fully saturated rings. The van der Waals surface area contributed by atoms with Crippen molar-refractivity contribution in [3.05, 3.63) is 12.7 Å². The predicted octanol–water partition coefficient (Wildman–Crippen LogP) is -0.234. The SMILES string of the molecule is COC[C@H]1O[C@@H](n2cnc3c(NC4(O)CCCC4)ncnc32)C(O)C1O. The zero-order valence-corrected chi connectivity index (χ0v) is 14.4. The largest absolute Gasteiger partial charge is 0.387 e. The lowest BCUT2D eigenvalue weighted by atomic mass is 10.1. The highest BCUT2D eigenvalue weighted by atomic mass is 16.6. The van der Waals surface area contributed by atoms with Gasteiger partial charge in [-0.15, -0.1) is 0 Å². The molecule has 2 aliphatic rings. The predicted molar refractivity (Wildman–Crippen MR) is 90.2 cm³/mol. The number of imidazole rings is 1. The average molecular weight is 365 g/mol. The summed E-state index contributed by atoms with van der Waals surface area (Å²) in [6.45, 7) is 0.163. The number of anilines is 1. The Balaban J connectivity index is 1.65. The van der Waals surface area contributed by atoms with E-state index in [4.69, 9.17) is 9.47 Å². The number of aliphatic hydroxyl groups is 3. The zero-order valence-electron chi connectivity index (χ0n) is 14.4. The zero-order chi connectivity index (χ0) is 18.3. The van der Waals surface area contributed by atoms with Gasteiger partial charge in [0.05, 0.1) is 12.9 Å². The van der Waals surface area contributed by atoms with Crippen molar-refractivity contribution in [1.82, 2.24) is 19.5 Å². The van der Waals surface area contributed by atoms with Crippen LogP contribution >= 0.6 is 0 Å². The molecule has 10 heteroatoms. The highest BCUT2D eigenvalue weighted by Gasteiger charge is 2.44. The number of rotatable bonds is 5. The number of aromatic nitrogens is 4. The van der Waals surface area contributed by atoms with E-state index in [1.54, 1.807) is 4.57 Å². The summed E-state index contributed by atoms with van der Waals surface area (Å²) >= 11 is 0. The lowest BCUT2D eigenvalue weighted by Gasteiger charge is -2.24. The quantitative estimate of drug-likeness (QED) is 0.530. The third-order valence-electron chi connectivity index (χ3n) is 5.08. The van der Waals surface area contributed by atoms with Crippen molar-refractivity contribution in [2.75, 3.05) is 19.0 Å². The minimum atomic E-state index is -1.14. The summed E-state index contributed by atoms with van der Waals surface area (Å²) in [6.07, 6.45) is 2.35. The van der Waals surface area contributed by atoms with Crippen LogP contribution in [0.3, 0.4) is 0 Å². The van der Waals surface area contributed by atoms with Gasteiger partial charge in [0.15, 0.2) is 23.2 Å². The van der Waals surface area contributed by atoms with Crippen LogP contribution in [-0.2, 0) is 9.47 Å². The van der Waals surface area contributed by atoms with Crippen molar-refractivity contribution in [1.29, 1.82) is 0 Å². The Morgan fingerprint density at radius 2 is 2.04 bits per heavy atom. The summed E-state index contributed by atoms with van der Waals surface area (Å²) in [7, 11) is 1.50. The van der Waals surface area contributed by atoms with Crippen molar-refractivity contribution in [2.45, 2.75) is 55.9 Å². The summed E-state index contributed by atoms with van der Waals surface area (Å²) in [4.78, 5) is 12.8. The van der Waals surface area contributed by atoms with Gasteiger partial charge in [-0.2, -0.15) is 0 Å². The fourth-order valence-corrected chi connectivity index (χ4v) is 3.70. The lowest BCUT2D eigenvalue weighted by Crippen LogP contribution is -2.35. The van der Waals surface area contributed by atoms with Crippen molar-refractivity contribution in [2.24, 2.45) is 0 Å². The smallest absolute Gasteiger partial charge is 0.167 e.